The Bertz CT molecular complexity index is 106. The average Bonchev–Trinajstić information content (AvgIpc) is 1.65. The number of carbonyl (C=O) groups is 1. The van der Waals surface area contributed by atoms with E-state index in [9.17, 15) is 4.79 Å². The number of guanidine groups is 1. The van der Waals surface area contributed by atoms with Gasteiger partial charge in [-0.1, -0.05) is 0 Å². The van der Waals surface area contributed by atoms with Gasteiger partial charge >= 0.3 is 0 Å². The third kappa shape index (κ3) is 3.14. The highest BCUT2D eigenvalue weighted by Crippen LogP contribution is 1.78. The van der Waals surface area contributed by atoms with E-state index >= 15 is 0 Å². The lowest BCUT2D eigenvalue weighted by atomic mass is 10.4. The summed E-state index contributed by atoms with van der Waals surface area (Å²) < 4.78 is 0. The number of aliphatic imine (C=N–C) groups is 1. The van der Waals surface area contributed by atoms with Gasteiger partial charge in [-0.05, 0) is 6.92 Å². The van der Waals surface area contributed by atoms with Gasteiger partial charge in [-0.25, -0.2) is 4.99 Å². The quantitative estimate of drug-likeness (QED) is 0.271. The lowest BCUT2D eigenvalue weighted by Gasteiger charge is -1.92. The lowest BCUT2D eigenvalue weighted by molar-refractivity contribution is -0.108. The molecule has 4 N–H and O–H groups in total. The highest BCUT2D eigenvalue weighted by Gasteiger charge is 1.91. The first kappa shape index (κ1) is 6.94. The summed E-state index contributed by atoms with van der Waals surface area (Å²) >= 11 is 0. The van der Waals surface area contributed by atoms with Crippen LogP contribution in [0.25, 0.3) is 0 Å². The standard InChI is InChI=1S/C4H9N3O/c1-3(2-8)7-4(5)6/h2-3H,1H3,(H4,5,6,7). The predicted molar refractivity (Wildman–Crippen MR) is 31.3 cm³/mol. The minimum Gasteiger partial charge on any atom is -0.370 e. The molecule has 4 nitrogen and oxygen atoms in total. The maximum absolute atomic E-state index is 9.82. The van der Waals surface area contributed by atoms with Crippen LogP contribution in [-0.4, -0.2) is 18.3 Å². The summed E-state index contributed by atoms with van der Waals surface area (Å²) in [5.41, 5.74) is 9.88. The van der Waals surface area contributed by atoms with E-state index in [1.807, 2.05) is 0 Å². The van der Waals surface area contributed by atoms with Crippen molar-refractivity contribution in [2.75, 3.05) is 0 Å². The van der Waals surface area contributed by atoms with Gasteiger partial charge in [0.15, 0.2) is 5.96 Å². The minimum atomic E-state index is -0.417. The fourth-order valence-corrected chi connectivity index (χ4v) is 0.266. The SMILES string of the molecule is CC(C=O)N=C(N)N. The molecule has 0 aromatic heterocycles. The summed E-state index contributed by atoms with van der Waals surface area (Å²) in [6.45, 7) is 1.60. The zero-order chi connectivity index (χ0) is 6.57. The van der Waals surface area contributed by atoms with E-state index in [0.717, 1.165) is 0 Å². The minimum absolute atomic E-state index is 0.0513. The molecule has 0 saturated heterocycles. The molecule has 0 aliphatic heterocycles. The Morgan fingerprint density at radius 1 is 1.75 bits per heavy atom. The molecule has 0 rings (SSSR count). The molecule has 0 aromatic carbocycles. The molecular formula is C4H9N3O. The smallest absolute Gasteiger partial charge is 0.186 e. The van der Waals surface area contributed by atoms with Crippen molar-refractivity contribution >= 4 is 12.2 Å². The van der Waals surface area contributed by atoms with Crippen LogP contribution < -0.4 is 11.5 Å². The molecule has 0 fully saturated rings. The van der Waals surface area contributed by atoms with Gasteiger partial charge in [0, 0.05) is 0 Å². The molecule has 0 amide bonds. The Balaban J connectivity index is 3.68. The Morgan fingerprint density at radius 3 is 2.38 bits per heavy atom. The fourth-order valence-electron chi connectivity index (χ4n) is 0.266. The maximum Gasteiger partial charge on any atom is 0.186 e. The van der Waals surface area contributed by atoms with Crippen molar-refractivity contribution in [2.24, 2.45) is 16.5 Å². The zero-order valence-electron chi connectivity index (χ0n) is 4.66. The summed E-state index contributed by atoms with van der Waals surface area (Å²) in [7, 11) is 0. The third-order valence-electron chi connectivity index (χ3n) is 0.550. The van der Waals surface area contributed by atoms with E-state index in [-0.39, 0.29) is 5.96 Å². The molecule has 8 heavy (non-hydrogen) atoms. The van der Waals surface area contributed by atoms with Gasteiger partial charge in [0.25, 0.3) is 0 Å². The van der Waals surface area contributed by atoms with Gasteiger partial charge in [-0.15, -0.1) is 0 Å². The van der Waals surface area contributed by atoms with Crippen molar-refractivity contribution in [1.82, 2.24) is 0 Å². The first-order valence-electron chi connectivity index (χ1n) is 2.21. The highest BCUT2D eigenvalue weighted by molar-refractivity contribution is 5.77. The van der Waals surface area contributed by atoms with Gasteiger partial charge in [0.2, 0.25) is 0 Å². The van der Waals surface area contributed by atoms with Crippen LogP contribution >= 0.6 is 0 Å². The average molecular weight is 115 g/mol. The van der Waals surface area contributed by atoms with Crippen LogP contribution in [-0.2, 0) is 4.79 Å². The first-order valence-corrected chi connectivity index (χ1v) is 2.21. The molecule has 0 aliphatic carbocycles. The first-order chi connectivity index (χ1) is 3.66. The molecule has 0 bridgehead atoms. The van der Waals surface area contributed by atoms with Gasteiger partial charge in [-0.2, -0.15) is 0 Å². The van der Waals surface area contributed by atoms with E-state index < -0.39 is 6.04 Å². The molecule has 1 atom stereocenters. The van der Waals surface area contributed by atoms with E-state index in [0.29, 0.717) is 6.29 Å². The maximum atomic E-state index is 9.82. The van der Waals surface area contributed by atoms with Crippen LogP contribution in [0.15, 0.2) is 4.99 Å². The van der Waals surface area contributed by atoms with E-state index in [2.05, 4.69) is 4.99 Å². The number of hydrogen-bond donors (Lipinski definition) is 2. The monoisotopic (exact) mass is 115 g/mol. The van der Waals surface area contributed by atoms with Crippen molar-refractivity contribution in [3.8, 4) is 0 Å². The van der Waals surface area contributed by atoms with Crippen LogP contribution in [0.1, 0.15) is 6.92 Å². The number of aldehydes is 1. The number of carbonyl (C=O) groups excluding carboxylic acids is 1. The third-order valence-corrected chi connectivity index (χ3v) is 0.550. The summed E-state index contributed by atoms with van der Waals surface area (Å²) in [5, 5.41) is 0. The molecule has 0 aliphatic rings. The normalized spacial score (nSPS) is 12.1. The van der Waals surface area contributed by atoms with E-state index in [1.54, 1.807) is 6.92 Å². The van der Waals surface area contributed by atoms with Crippen molar-refractivity contribution in [2.45, 2.75) is 13.0 Å². The van der Waals surface area contributed by atoms with Crippen molar-refractivity contribution in [3.63, 3.8) is 0 Å². The molecular weight excluding hydrogens is 106 g/mol. The Labute approximate surface area is 47.6 Å². The molecule has 0 radical (unpaired) electrons. The summed E-state index contributed by atoms with van der Waals surface area (Å²) in [6.07, 6.45) is 0.666. The molecule has 1 unspecified atom stereocenters. The van der Waals surface area contributed by atoms with Crippen LogP contribution in [0.3, 0.4) is 0 Å². The fraction of sp³-hybridized carbons (Fsp3) is 0.500. The number of nitrogens with two attached hydrogens (primary N) is 2. The number of rotatable bonds is 2. The Morgan fingerprint density at radius 2 is 2.25 bits per heavy atom. The highest BCUT2D eigenvalue weighted by atomic mass is 16.1. The summed E-state index contributed by atoms with van der Waals surface area (Å²) in [6, 6.07) is -0.417. The molecule has 0 heterocycles. The van der Waals surface area contributed by atoms with Gasteiger partial charge in [-0.3, -0.25) is 0 Å². The predicted octanol–water partition coefficient (Wildman–Crippen LogP) is -1.15. The van der Waals surface area contributed by atoms with Crippen LogP contribution in [0.5, 0.6) is 0 Å². The summed E-state index contributed by atoms with van der Waals surface area (Å²) in [5.74, 6) is -0.0513. The molecule has 0 saturated carbocycles. The lowest BCUT2D eigenvalue weighted by Crippen LogP contribution is -2.25. The zero-order valence-corrected chi connectivity index (χ0v) is 4.66. The summed E-state index contributed by atoms with van der Waals surface area (Å²) in [4.78, 5) is 13.3. The molecule has 0 spiro atoms. The Hall–Kier alpha value is -1.06. The topological polar surface area (TPSA) is 81.5 Å². The molecule has 4 heteroatoms. The largest absolute Gasteiger partial charge is 0.370 e. The second-order valence-corrected chi connectivity index (χ2v) is 1.43. The van der Waals surface area contributed by atoms with Crippen LogP contribution in [0, 0.1) is 0 Å². The van der Waals surface area contributed by atoms with Crippen LogP contribution in [0.4, 0.5) is 0 Å². The van der Waals surface area contributed by atoms with E-state index in [4.69, 9.17) is 11.5 Å². The van der Waals surface area contributed by atoms with E-state index in [1.165, 1.54) is 0 Å². The second kappa shape index (κ2) is 3.01. The van der Waals surface area contributed by atoms with Gasteiger partial charge in [0.05, 0.1) is 0 Å². The second-order valence-electron chi connectivity index (χ2n) is 1.43. The van der Waals surface area contributed by atoms with Crippen LogP contribution in [0.2, 0.25) is 0 Å². The number of nitrogens with zero attached hydrogens (tertiary/aromatic N) is 1. The Kier molecular flexibility index (Phi) is 2.61. The van der Waals surface area contributed by atoms with Gasteiger partial charge < -0.3 is 16.3 Å². The molecule has 0 aromatic rings. The van der Waals surface area contributed by atoms with Crippen molar-refractivity contribution < 1.29 is 4.79 Å². The van der Waals surface area contributed by atoms with Gasteiger partial charge in [0.1, 0.15) is 12.3 Å². The van der Waals surface area contributed by atoms with Crippen molar-refractivity contribution in [1.29, 1.82) is 0 Å². The molecule has 46 valence electrons. The van der Waals surface area contributed by atoms with Crippen molar-refractivity contribution in [3.05, 3.63) is 0 Å². The number of hydrogen-bond acceptors (Lipinski definition) is 2.